The highest BCUT2D eigenvalue weighted by Crippen LogP contribution is 2.23. The van der Waals surface area contributed by atoms with Gasteiger partial charge in [0, 0.05) is 12.1 Å². The molecule has 1 aromatic rings. The van der Waals surface area contributed by atoms with E-state index < -0.39 is 17.9 Å². The molecule has 0 heterocycles. The highest BCUT2D eigenvalue weighted by atomic mass is 19.1. The number of carbonyl (C=O) groups is 2. The third-order valence-electron chi connectivity index (χ3n) is 4.69. The maximum absolute atomic E-state index is 13.6. The molecule has 1 aromatic carbocycles. The van der Waals surface area contributed by atoms with Crippen molar-refractivity contribution in [2.24, 2.45) is 5.92 Å². The molecule has 1 fully saturated rings. The maximum Gasteiger partial charge on any atom is 0.331 e. The van der Waals surface area contributed by atoms with Crippen LogP contribution in [0.2, 0.25) is 0 Å². The number of rotatable bonds is 6. The Hall–Kier alpha value is -2.37. The zero-order valence-electron chi connectivity index (χ0n) is 15.5. The van der Waals surface area contributed by atoms with Crippen molar-refractivity contribution in [2.75, 3.05) is 7.11 Å². The molecule has 1 N–H and O–H groups in total. The van der Waals surface area contributed by atoms with Crippen LogP contribution in [0.25, 0.3) is 6.08 Å². The molecule has 0 spiro atoms. The van der Waals surface area contributed by atoms with E-state index >= 15 is 0 Å². The number of amides is 1. The zero-order chi connectivity index (χ0) is 19.1. The van der Waals surface area contributed by atoms with Crippen LogP contribution in [0.5, 0.6) is 5.75 Å². The smallest absolute Gasteiger partial charge is 0.331 e. The molecule has 3 atom stereocenters. The van der Waals surface area contributed by atoms with Gasteiger partial charge in [0.15, 0.2) is 17.7 Å². The third-order valence-corrected chi connectivity index (χ3v) is 4.69. The second kappa shape index (κ2) is 9.36. The molecule has 0 aliphatic heterocycles. The minimum absolute atomic E-state index is 0.131. The molecular formula is C20H26FNO4. The van der Waals surface area contributed by atoms with Gasteiger partial charge in [-0.25, -0.2) is 9.18 Å². The van der Waals surface area contributed by atoms with E-state index in [-0.39, 0.29) is 17.7 Å². The van der Waals surface area contributed by atoms with Gasteiger partial charge in [0.1, 0.15) is 0 Å². The minimum Gasteiger partial charge on any atom is -0.494 e. The van der Waals surface area contributed by atoms with Crippen molar-refractivity contribution in [3.63, 3.8) is 0 Å². The number of halogens is 1. The number of hydrogen-bond donors (Lipinski definition) is 1. The Morgan fingerprint density at radius 2 is 2.04 bits per heavy atom. The Bertz CT molecular complexity index is 674. The Kier molecular flexibility index (Phi) is 7.18. The SMILES string of the molecule is COc1ccc(/C=C/C(=O)O[C@H](C)C(=O)N[C@@H]2CCCC[C@@H]2C)cc1F. The summed E-state index contributed by atoms with van der Waals surface area (Å²) in [7, 11) is 1.38. The molecule has 0 radical (unpaired) electrons. The van der Waals surface area contributed by atoms with Gasteiger partial charge in [-0.2, -0.15) is 0 Å². The standard InChI is InChI=1S/C20H26FNO4/c1-13-6-4-5-7-17(13)22-20(24)14(2)26-19(23)11-9-15-8-10-18(25-3)16(21)12-15/h8-14,17H,4-7H2,1-3H3,(H,22,24)/b11-9+/t13-,14+,17+/m0/s1. The number of benzene rings is 1. The Balaban J connectivity index is 1.85. The van der Waals surface area contributed by atoms with Crippen LogP contribution in [-0.4, -0.2) is 31.1 Å². The van der Waals surface area contributed by atoms with E-state index in [0.29, 0.717) is 11.5 Å². The summed E-state index contributed by atoms with van der Waals surface area (Å²) >= 11 is 0. The van der Waals surface area contributed by atoms with E-state index in [1.165, 1.54) is 37.8 Å². The number of hydrogen-bond acceptors (Lipinski definition) is 4. The van der Waals surface area contributed by atoms with Crippen LogP contribution < -0.4 is 10.1 Å². The van der Waals surface area contributed by atoms with Crippen molar-refractivity contribution >= 4 is 18.0 Å². The number of carbonyl (C=O) groups excluding carboxylic acids is 2. The molecule has 6 heteroatoms. The fourth-order valence-electron chi connectivity index (χ4n) is 3.05. The molecule has 142 valence electrons. The van der Waals surface area contributed by atoms with Crippen molar-refractivity contribution in [1.82, 2.24) is 5.32 Å². The zero-order valence-corrected chi connectivity index (χ0v) is 15.5. The lowest BCUT2D eigenvalue weighted by Crippen LogP contribution is -2.45. The molecule has 5 nitrogen and oxygen atoms in total. The summed E-state index contributed by atoms with van der Waals surface area (Å²) in [6.45, 7) is 3.67. The largest absolute Gasteiger partial charge is 0.494 e. The fraction of sp³-hybridized carbons (Fsp3) is 0.500. The van der Waals surface area contributed by atoms with Crippen LogP contribution >= 0.6 is 0 Å². The number of esters is 1. The Morgan fingerprint density at radius 3 is 2.69 bits per heavy atom. The molecule has 2 rings (SSSR count). The van der Waals surface area contributed by atoms with Gasteiger partial charge in [0.2, 0.25) is 0 Å². The van der Waals surface area contributed by atoms with E-state index in [9.17, 15) is 14.0 Å². The van der Waals surface area contributed by atoms with E-state index in [1.807, 2.05) is 0 Å². The molecular weight excluding hydrogens is 337 g/mol. The van der Waals surface area contributed by atoms with Gasteiger partial charge in [-0.1, -0.05) is 25.8 Å². The lowest BCUT2D eigenvalue weighted by atomic mass is 9.86. The van der Waals surface area contributed by atoms with Crippen molar-refractivity contribution in [2.45, 2.75) is 51.7 Å². The molecule has 0 aromatic heterocycles. The highest BCUT2D eigenvalue weighted by Gasteiger charge is 2.25. The van der Waals surface area contributed by atoms with Gasteiger partial charge in [-0.15, -0.1) is 0 Å². The van der Waals surface area contributed by atoms with Crippen molar-refractivity contribution in [3.8, 4) is 5.75 Å². The molecule has 0 saturated heterocycles. The predicted molar refractivity (Wildman–Crippen MR) is 97.1 cm³/mol. The highest BCUT2D eigenvalue weighted by molar-refractivity contribution is 5.90. The first-order chi connectivity index (χ1) is 12.4. The number of ether oxygens (including phenoxy) is 2. The summed E-state index contributed by atoms with van der Waals surface area (Å²) < 4.78 is 23.6. The fourth-order valence-corrected chi connectivity index (χ4v) is 3.05. The van der Waals surface area contributed by atoms with Crippen LogP contribution in [-0.2, 0) is 14.3 Å². The molecule has 1 amide bonds. The number of methoxy groups -OCH3 is 1. The number of nitrogens with one attached hydrogen (secondary N) is 1. The molecule has 1 saturated carbocycles. The summed E-state index contributed by atoms with van der Waals surface area (Å²) in [4.78, 5) is 24.1. The van der Waals surface area contributed by atoms with Crippen LogP contribution in [0.15, 0.2) is 24.3 Å². The topological polar surface area (TPSA) is 64.6 Å². The van der Waals surface area contributed by atoms with Crippen molar-refractivity contribution in [1.29, 1.82) is 0 Å². The second-order valence-corrected chi connectivity index (χ2v) is 6.68. The average molecular weight is 363 g/mol. The molecule has 0 bridgehead atoms. The average Bonchev–Trinajstić information content (AvgIpc) is 2.62. The lowest BCUT2D eigenvalue weighted by Gasteiger charge is -2.30. The van der Waals surface area contributed by atoms with Crippen LogP contribution in [0.3, 0.4) is 0 Å². The van der Waals surface area contributed by atoms with Crippen LogP contribution in [0.1, 0.15) is 45.1 Å². The Labute approximate surface area is 153 Å². The normalized spacial score (nSPS) is 21.2. The summed E-state index contributed by atoms with van der Waals surface area (Å²) in [6.07, 6.45) is 6.07. The second-order valence-electron chi connectivity index (χ2n) is 6.68. The quantitative estimate of drug-likeness (QED) is 0.621. The minimum atomic E-state index is -0.881. The van der Waals surface area contributed by atoms with Crippen LogP contribution in [0, 0.1) is 11.7 Å². The molecule has 0 unspecified atom stereocenters. The van der Waals surface area contributed by atoms with Gasteiger partial charge in [0.25, 0.3) is 5.91 Å². The van der Waals surface area contributed by atoms with E-state index in [1.54, 1.807) is 13.0 Å². The van der Waals surface area contributed by atoms with Crippen molar-refractivity contribution in [3.05, 3.63) is 35.7 Å². The van der Waals surface area contributed by atoms with Gasteiger partial charge < -0.3 is 14.8 Å². The first-order valence-corrected chi connectivity index (χ1v) is 8.93. The monoisotopic (exact) mass is 363 g/mol. The summed E-state index contributed by atoms with van der Waals surface area (Å²) in [5.41, 5.74) is 0.494. The summed E-state index contributed by atoms with van der Waals surface area (Å²) in [5, 5.41) is 2.96. The van der Waals surface area contributed by atoms with Crippen LogP contribution in [0.4, 0.5) is 4.39 Å². The summed E-state index contributed by atoms with van der Waals surface area (Å²) in [5.74, 6) is -0.897. The first kappa shape index (κ1) is 19.9. The van der Waals surface area contributed by atoms with E-state index in [4.69, 9.17) is 9.47 Å². The lowest BCUT2D eigenvalue weighted by molar-refractivity contribution is -0.150. The van der Waals surface area contributed by atoms with E-state index in [2.05, 4.69) is 12.2 Å². The molecule has 26 heavy (non-hydrogen) atoms. The molecule has 1 aliphatic carbocycles. The maximum atomic E-state index is 13.6. The first-order valence-electron chi connectivity index (χ1n) is 8.93. The summed E-state index contributed by atoms with van der Waals surface area (Å²) in [6, 6.07) is 4.48. The third kappa shape index (κ3) is 5.58. The van der Waals surface area contributed by atoms with Gasteiger partial charge in [0.05, 0.1) is 7.11 Å². The predicted octanol–water partition coefficient (Wildman–Crippen LogP) is 3.47. The van der Waals surface area contributed by atoms with Gasteiger partial charge in [-0.05, 0) is 49.5 Å². The molecule has 1 aliphatic rings. The Morgan fingerprint density at radius 1 is 1.31 bits per heavy atom. The van der Waals surface area contributed by atoms with Gasteiger partial charge in [-0.3, -0.25) is 4.79 Å². The van der Waals surface area contributed by atoms with Gasteiger partial charge >= 0.3 is 5.97 Å². The van der Waals surface area contributed by atoms with Crippen molar-refractivity contribution < 1.29 is 23.5 Å². The van der Waals surface area contributed by atoms with E-state index in [0.717, 1.165) is 19.3 Å².